The average molecular weight is 237 g/mol. The highest BCUT2D eigenvalue weighted by atomic mass is 32.1. The number of hydrogen-bond acceptors (Lipinski definition) is 3. The molecule has 2 unspecified atom stereocenters. The number of pyridine rings is 1. The maximum absolute atomic E-state index is 11.7. The Bertz CT molecular complexity index is 380. The smallest absolute Gasteiger partial charge is 0.230 e. The maximum Gasteiger partial charge on any atom is 0.230 e. The Morgan fingerprint density at radius 1 is 1.44 bits per heavy atom. The molecule has 1 aromatic rings. The lowest BCUT2D eigenvalue weighted by atomic mass is 10.1. The van der Waals surface area contributed by atoms with E-state index in [1.54, 1.807) is 19.3 Å². The quantitative estimate of drug-likeness (QED) is 0.772. The third-order valence-corrected chi connectivity index (χ3v) is 2.74. The molecule has 4 nitrogen and oxygen atoms in total. The second-order valence-corrected chi connectivity index (χ2v) is 4.11. The van der Waals surface area contributed by atoms with Crippen LogP contribution >= 0.6 is 12.2 Å². The van der Waals surface area contributed by atoms with Gasteiger partial charge in [0.05, 0.1) is 16.9 Å². The highest BCUT2D eigenvalue weighted by Gasteiger charge is 2.17. The van der Waals surface area contributed by atoms with Gasteiger partial charge in [-0.15, -0.1) is 0 Å². The molecule has 1 heterocycles. The SMILES string of the molecule is CC(C(=O)NC(C)c1ccncc1)C(N)=S. The molecule has 0 aliphatic heterocycles. The zero-order valence-electron chi connectivity index (χ0n) is 9.31. The van der Waals surface area contributed by atoms with E-state index >= 15 is 0 Å². The Labute approximate surface area is 100 Å². The van der Waals surface area contributed by atoms with E-state index in [-0.39, 0.29) is 16.9 Å². The molecule has 0 fully saturated rings. The number of carbonyl (C=O) groups is 1. The van der Waals surface area contributed by atoms with Crippen molar-refractivity contribution in [1.82, 2.24) is 10.3 Å². The van der Waals surface area contributed by atoms with Gasteiger partial charge in [-0.2, -0.15) is 0 Å². The number of nitrogens with zero attached hydrogens (tertiary/aromatic N) is 1. The van der Waals surface area contributed by atoms with E-state index in [4.69, 9.17) is 18.0 Å². The van der Waals surface area contributed by atoms with Crippen molar-refractivity contribution in [1.29, 1.82) is 0 Å². The van der Waals surface area contributed by atoms with Crippen molar-refractivity contribution >= 4 is 23.1 Å². The van der Waals surface area contributed by atoms with Crippen LogP contribution in [-0.2, 0) is 4.79 Å². The second-order valence-electron chi connectivity index (χ2n) is 3.63. The molecule has 5 heteroatoms. The van der Waals surface area contributed by atoms with Gasteiger partial charge in [-0.3, -0.25) is 9.78 Å². The van der Waals surface area contributed by atoms with E-state index in [1.807, 2.05) is 19.1 Å². The molecule has 0 saturated heterocycles. The van der Waals surface area contributed by atoms with E-state index in [9.17, 15) is 4.79 Å². The lowest BCUT2D eigenvalue weighted by molar-refractivity contribution is -0.123. The van der Waals surface area contributed by atoms with Gasteiger partial charge in [-0.05, 0) is 31.5 Å². The Morgan fingerprint density at radius 3 is 2.50 bits per heavy atom. The van der Waals surface area contributed by atoms with Crippen molar-refractivity contribution in [2.75, 3.05) is 0 Å². The summed E-state index contributed by atoms with van der Waals surface area (Å²) in [5, 5.41) is 2.84. The number of carbonyl (C=O) groups excluding carboxylic acids is 1. The third kappa shape index (κ3) is 3.27. The molecule has 0 aliphatic carbocycles. The van der Waals surface area contributed by atoms with Gasteiger partial charge in [-0.25, -0.2) is 0 Å². The number of amides is 1. The van der Waals surface area contributed by atoms with Gasteiger partial charge in [0.25, 0.3) is 0 Å². The van der Waals surface area contributed by atoms with Crippen molar-refractivity contribution in [3.8, 4) is 0 Å². The van der Waals surface area contributed by atoms with Crippen LogP contribution in [0.25, 0.3) is 0 Å². The van der Waals surface area contributed by atoms with Crippen molar-refractivity contribution in [2.45, 2.75) is 19.9 Å². The summed E-state index contributed by atoms with van der Waals surface area (Å²) in [7, 11) is 0. The van der Waals surface area contributed by atoms with Gasteiger partial charge in [-0.1, -0.05) is 12.2 Å². The minimum atomic E-state index is -0.445. The Hall–Kier alpha value is -1.49. The molecule has 1 rings (SSSR count). The van der Waals surface area contributed by atoms with Crippen LogP contribution in [0.5, 0.6) is 0 Å². The summed E-state index contributed by atoms with van der Waals surface area (Å²) in [6.45, 7) is 3.59. The first-order valence-corrected chi connectivity index (χ1v) is 5.42. The summed E-state index contributed by atoms with van der Waals surface area (Å²) in [5.74, 6) is -0.601. The number of nitrogens with two attached hydrogens (primary N) is 1. The van der Waals surface area contributed by atoms with E-state index in [0.717, 1.165) is 5.56 Å². The molecular weight excluding hydrogens is 222 g/mol. The van der Waals surface area contributed by atoms with E-state index in [2.05, 4.69) is 10.3 Å². The zero-order valence-corrected chi connectivity index (χ0v) is 10.1. The monoisotopic (exact) mass is 237 g/mol. The molecule has 1 aromatic heterocycles. The second kappa shape index (κ2) is 5.55. The molecule has 0 aliphatic rings. The predicted octanol–water partition coefficient (Wildman–Crippen LogP) is 1.18. The highest BCUT2D eigenvalue weighted by Crippen LogP contribution is 2.11. The fraction of sp³-hybridized carbons (Fsp3) is 0.364. The molecule has 16 heavy (non-hydrogen) atoms. The Morgan fingerprint density at radius 2 is 2.00 bits per heavy atom. The third-order valence-electron chi connectivity index (χ3n) is 2.38. The van der Waals surface area contributed by atoms with E-state index in [0.29, 0.717) is 0 Å². The first kappa shape index (κ1) is 12.6. The number of nitrogens with one attached hydrogen (secondary N) is 1. The molecule has 3 N–H and O–H groups in total. The lowest BCUT2D eigenvalue weighted by Gasteiger charge is -2.16. The molecule has 0 saturated carbocycles. The van der Waals surface area contributed by atoms with Crippen LogP contribution in [0.1, 0.15) is 25.5 Å². The predicted molar refractivity (Wildman–Crippen MR) is 66.7 cm³/mol. The van der Waals surface area contributed by atoms with Crippen LogP contribution in [-0.4, -0.2) is 15.9 Å². The van der Waals surface area contributed by atoms with Crippen LogP contribution in [0, 0.1) is 5.92 Å². The summed E-state index contributed by atoms with van der Waals surface area (Å²) in [4.78, 5) is 15.8. The lowest BCUT2D eigenvalue weighted by Crippen LogP contribution is -2.37. The first-order valence-electron chi connectivity index (χ1n) is 5.02. The summed E-state index contributed by atoms with van der Waals surface area (Å²) in [6.07, 6.45) is 3.38. The van der Waals surface area contributed by atoms with Gasteiger partial charge in [0.2, 0.25) is 5.91 Å². The van der Waals surface area contributed by atoms with Crippen LogP contribution in [0.15, 0.2) is 24.5 Å². The molecule has 2 atom stereocenters. The van der Waals surface area contributed by atoms with Crippen LogP contribution in [0.3, 0.4) is 0 Å². The maximum atomic E-state index is 11.7. The summed E-state index contributed by atoms with van der Waals surface area (Å²) >= 11 is 4.77. The van der Waals surface area contributed by atoms with Gasteiger partial charge in [0.15, 0.2) is 0 Å². The van der Waals surface area contributed by atoms with Gasteiger partial charge >= 0.3 is 0 Å². The Balaban J connectivity index is 2.62. The summed E-state index contributed by atoms with van der Waals surface area (Å²) in [6, 6.07) is 3.64. The van der Waals surface area contributed by atoms with E-state index < -0.39 is 5.92 Å². The first-order chi connectivity index (χ1) is 7.52. The number of aromatic nitrogens is 1. The fourth-order valence-electron chi connectivity index (χ4n) is 1.20. The zero-order chi connectivity index (χ0) is 12.1. The van der Waals surface area contributed by atoms with Crippen molar-refractivity contribution < 1.29 is 4.79 Å². The summed E-state index contributed by atoms with van der Waals surface area (Å²) < 4.78 is 0. The molecule has 1 amide bonds. The molecule has 0 spiro atoms. The number of thiocarbonyl (C=S) groups is 1. The molecule has 86 valence electrons. The largest absolute Gasteiger partial charge is 0.393 e. The fourth-order valence-corrected chi connectivity index (χ4v) is 1.31. The van der Waals surface area contributed by atoms with Gasteiger partial charge in [0.1, 0.15) is 0 Å². The number of rotatable bonds is 4. The molecule has 0 bridgehead atoms. The number of hydrogen-bond donors (Lipinski definition) is 2. The van der Waals surface area contributed by atoms with Crippen molar-refractivity contribution in [3.63, 3.8) is 0 Å². The van der Waals surface area contributed by atoms with Gasteiger partial charge < -0.3 is 11.1 Å². The molecule has 0 radical (unpaired) electrons. The highest BCUT2D eigenvalue weighted by molar-refractivity contribution is 7.80. The summed E-state index contributed by atoms with van der Waals surface area (Å²) in [5.41, 5.74) is 6.41. The van der Waals surface area contributed by atoms with Crippen molar-refractivity contribution in [2.24, 2.45) is 11.7 Å². The van der Waals surface area contributed by atoms with Crippen LogP contribution in [0.4, 0.5) is 0 Å². The van der Waals surface area contributed by atoms with Gasteiger partial charge in [0, 0.05) is 12.4 Å². The Kier molecular flexibility index (Phi) is 4.37. The van der Waals surface area contributed by atoms with Crippen molar-refractivity contribution in [3.05, 3.63) is 30.1 Å². The van der Waals surface area contributed by atoms with Crippen LogP contribution < -0.4 is 11.1 Å². The normalized spacial score (nSPS) is 13.9. The van der Waals surface area contributed by atoms with Crippen LogP contribution in [0.2, 0.25) is 0 Å². The minimum absolute atomic E-state index is 0.0766. The van der Waals surface area contributed by atoms with E-state index in [1.165, 1.54) is 0 Å². The average Bonchev–Trinajstić information content (AvgIpc) is 2.28. The minimum Gasteiger partial charge on any atom is -0.393 e. The molecule has 0 aromatic carbocycles. The molecular formula is C11H15N3OS. The topological polar surface area (TPSA) is 68.0 Å². The standard InChI is InChI=1S/C11H15N3OS/c1-7(10(12)16)11(15)14-8(2)9-3-5-13-6-4-9/h3-8H,1-2H3,(H2,12,16)(H,14,15).